The maximum absolute atomic E-state index is 13.6. The van der Waals surface area contributed by atoms with Crippen LogP contribution in [0.5, 0.6) is 5.75 Å². The molecule has 1 aromatic carbocycles. The van der Waals surface area contributed by atoms with E-state index in [-0.39, 0.29) is 17.3 Å². The molecule has 2 nitrogen and oxygen atoms in total. The van der Waals surface area contributed by atoms with Crippen molar-refractivity contribution < 1.29 is 9.13 Å². The second kappa shape index (κ2) is 6.38. The molecule has 0 saturated carbocycles. The van der Waals surface area contributed by atoms with E-state index >= 15 is 0 Å². The van der Waals surface area contributed by atoms with E-state index < -0.39 is 0 Å². The molecule has 0 fully saturated rings. The van der Waals surface area contributed by atoms with E-state index in [1.165, 1.54) is 13.2 Å². The maximum atomic E-state index is 13.6. The summed E-state index contributed by atoms with van der Waals surface area (Å²) in [7, 11) is 1.48. The van der Waals surface area contributed by atoms with Gasteiger partial charge in [0.05, 0.1) is 7.11 Å². The van der Waals surface area contributed by atoms with Gasteiger partial charge in [-0.05, 0) is 42.5 Å². The van der Waals surface area contributed by atoms with Gasteiger partial charge in [0.25, 0.3) is 0 Å². The fourth-order valence-corrected chi connectivity index (χ4v) is 1.73. The zero-order valence-electron chi connectivity index (χ0n) is 12.9. The molecule has 1 aromatic rings. The largest absolute Gasteiger partial charge is 0.494 e. The minimum atomic E-state index is -0.308. The molecule has 0 saturated heterocycles. The van der Waals surface area contributed by atoms with E-state index in [2.05, 4.69) is 39.9 Å². The van der Waals surface area contributed by atoms with Crippen LogP contribution in [0.15, 0.2) is 18.2 Å². The Balaban J connectivity index is 2.64. The van der Waals surface area contributed by atoms with Crippen molar-refractivity contribution in [1.29, 1.82) is 0 Å². The standard InChI is InChI=1S/C16H26FNO/c1-11(16(3,4)5)10-18-12(2)13-7-8-15(19-6)14(17)9-13/h7-9,11-12,18H,10H2,1-6H3. The third-order valence-corrected chi connectivity index (χ3v) is 3.88. The molecule has 19 heavy (non-hydrogen) atoms. The van der Waals surface area contributed by atoms with Crippen LogP contribution < -0.4 is 10.1 Å². The van der Waals surface area contributed by atoms with Crippen LogP contribution in [0, 0.1) is 17.2 Å². The molecule has 0 radical (unpaired) electrons. The zero-order chi connectivity index (χ0) is 14.6. The number of hydrogen-bond donors (Lipinski definition) is 1. The number of halogens is 1. The summed E-state index contributed by atoms with van der Waals surface area (Å²) in [6, 6.07) is 5.25. The second-order valence-electron chi connectivity index (χ2n) is 6.29. The summed E-state index contributed by atoms with van der Waals surface area (Å²) in [5, 5.41) is 3.46. The Bertz CT molecular complexity index is 412. The highest BCUT2D eigenvalue weighted by atomic mass is 19.1. The first-order valence-electron chi connectivity index (χ1n) is 6.82. The highest BCUT2D eigenvalue weighted by Crippen LogP contribution is 2.26. The molecular formula is C16H26FNO. The molecule has 3 heteroatoms. The van der Waals surface area contributed by atoms with Crippen LogP contribution in [-0.2, 0) is 0 Å². The summed E-state index contributed by atoms with van der Waals surface area (Å²) in [5.74, 6) is 0.537. The monoisotopic (exact) mass is 267 g/mol. The van der Waals surface area contributed by atoms with Crippen LogP contribution in [0.3, 0.4) is 0 Å². The Morgan fingerprint density at radius 2 is 1.89 bits per heavy atom. The van der Waals surface area contributed by atoms with Crippen molar-refractivity contribution in [2.75, 3.05) is 13.7 Å². The van der Waals surface area contributed by atoms with Gasteiger partial charge in [0.15, 0.2) is 11.6 Å². The Hall–Kier alpha value is -1.09. The van der Waals surface area contributed by atoms with Gasteiger partial charge in [-0.2, -0.15) is 0 Å². The summed E-state index contributed by atoms with van der Waals surface area (Å²) in [6.07, 6.45) is 0. The molecule has 0 aliphatic carbocycles. The molecule has 0 amide bonds. The highest BCUT2D eigenvalue weighted by Gasteiger charge is 2.20. The first-order valence-corrected chi connectivity index (χ1v) is 6.82. The number of benzene rings is 1. The molecule has 2 unspecified atom stereocenters. The van der Waals surface area contributed by atoms with Gasteiger partial charge in [-0.1, -0.05) is 33.8 Å². The lowest BCUT2D eigenvalue weighted by Gasteiger charge is -2.29. The van der Waals surface area contributed by atoms with Gasteiger partial charge in [-0.15, -0.1) is 0 Å². The van der Waals surface area contributed by atoms with Crippen molar-refractivity contribution in [3.63, 3.8) is 0 Å². The molecule has 0 spiro atoms. The quantitative estimate of drug-likeness (QED) is 0.864. The number of nitrogens with one attached hydrogen (secondary N) is 1. The summed E-state index contributed by atoms with van der Waals surface area (Å²) in [4.78, 5) is 0. The Morgan fingerprint density at radius 1 is 1.26 bits per heavy atom. The first kappa shape index (κ1) is 16.0. The van der Waals surface area contributed by atoms with E-state index in [1.807, 2.05) is 6.07 Å². The lowest BCUT2D eigenvalue weighted by atomic mass is 9.82. The maximum Gasteiger partial charge on any atom is 0.165 e. The van der Waals surface area contributed by atoms with Crippen molar-refractivity contribution in [3.05, 3.63) is 29.6 Å². The molecule has 1 N–H and O–H groups in total. The Labute approximate surface area is 116 Å². The number of methoxy groups -OCH3 is 1. The van der Waals surface area contributed by atoms with Gasteiger partial charge in [0.1, 0.15) is 0 Å². The van der Waals surface area contributed by atoms with Gasteiger partial charge in [-0.3, -0.25) is 0 Å². The van der Waals surface area contributed by atoms with Gasteiger partial charge in [0.2, 0.25) is 0 Å². The van der Waals surface area contributed by atoms with Gasteiger partial charge >= 0.3 is 0 Å². The predicted molar refractivity (Wildman–Crippen MR) is 78.0 cm³/mol. The third kappa shape index (κ3) is 4.50. The van der Waals surface area contributed by atoms with Crippen molar-refractivity contribution in [1.82, 2.24) is 5.32 Å². The number of ether oxygens (including phenoxy) is 1. The zero-order valence-corrected chi connectivity index (χ0v) is 12.9. The molecule has 0 aliphatic rings. The molecule has 108 valence electrons. The van der Waals surface area contributed by atoms with Gasteiger partial charge < -0.3 is 10.1 Å². The van der Waals surface area contributed by atoms with E-state index in [1.54, 1.807) is 6.07 Å². The van der Waals surface area contributed by atoms with Crippen LogP contribution in [0.2, 0.25) is 0 Å². The number of rotatable bonds is 5. The minimum absolute atomic E-state index is 0.130. The fourth-order valence-electron chi connectivity index (χ4n) is 1.73. The minimum Gasteiger partial charge on any atom is -0.494 e. The van der Waals surface area contributed by atoms with E-state index in [0.717, 1.165) is 12.1 Å². The molecule has 1 rings (SSSR count). The van der Waals surface area contributed by atoms with Crippen LogP contribution in [0.1, 0.15) is 46.2 Å². The third-order valence-electron chi connectivity index (χ3n) is 3.88. The lowest BCUT2D eigenvalue weighted by molar-refractivity contribution is 0.247. The average Bonchev–Trinajstić information content (AvgIpc) is 2.34. The normalized spacial score (nSPS) is 15.1. The SMILES string of the molecule is COc1ccc(C(C)NCC(C)C(C)(C)C)cc1F. The van der Waals surface area contributed by atoms with Crippen molar-refractivity contribution >= 4 is 0 Å². The molecule has 0 aliphatic heterocycles. The van der Waals surface area contributed by atoms with E-state index in [0.29, 0.717) is 11.7 Å². The molecule has 0 bridgehead atoms. The average molecular weight is 267 g/mol. The highest BCUT2D eigenvalue weighted by molar-refractivity contribution is 5.30. The van der Waals surface area contributed by atoms with Gasteiger partial charge in [-0.25, -0.2) is 4.39 Å². The second-order valence-corrected chi connectivity index (χ2v) is 6.29. The smallest absolute Gasteiger partial charge is 0.165 e. The summed E-state index contributed by atoms with van der Waals surface area (Å²) < 4.78 is 18.6. The summed E-state index contributed by atoms with van der Waals surface area (Å²) in [5.41, 5.74) is 1.22. The van der Waals surface area contributed by atoms with Crippen molar-refractivity contribution in [2.45, 2.75) is 40.7 Å². The first-order chi connectivity index (χ1) is 8.75. The van der Waals surface area contributed by atoms with Crippen molar-refractivity contribution in [3.8, 4) is 5.75 Å². The van der Waals surface area contributed by atoms with Crippen LogP contribution in [-0.4, -0.2) is 13.7 Å². The summed E-state index contributed by atoms with van der Waals surface area (Å²) in [6.45, 7) is 11.9. The van der Waals surface area contributed by atoms with Gasteiger partial charge in [0, 0.05) is 6.04 Å². The molecular weight excluding hydrogens is 241 g/mol. The van der Waals surface area contributed by atoms with Crippen LogP contribution in [0.4, 0.5) is 4.39 Å². The Kier molecular flexibility index (Phi) is 5.36. The molecule has 0 heterocycles. The van der Waals surface area contributed by atoms with E-state index in [4.69, 9.17) is 4.74 Å². The fraction of sp³-hybridized carbons (Fsp3) is 0.625. The number of hydrogen-bond acceptors (Lipinski definition) is 2. The molecule has 0 aromatic heterocycles. The lowest BCUT2D eigenvalue weighted by Crippen LogP contribution is -2.31. The van der Waals surface area contributed by atoms with Crippen LogP contribution >= 0.6 is 0 Å². The van der Waals surface area contributed by atoms with E-state index in [9.17, 15) is 4.39 Å². The van der Waals surface area contributed by atoms with Crippen molar-refractivity contribution in [2.24, 2.45) is 11.3 Å². The topological polar surface area (TPSA) is 21.3 Å². The molecule has 2 atom stereocenters. The Morgan fingerprint density at radius 3 is 2.37 bits per heavy atom. The summed E-state index contributed by atoms with van der Waals surface area (Å²) >= 11 is 0. The van der Waals surface area contributed by atoms with Crippen LogP contribution in [0.25, 0.3) is 0 Å². The predicted octanol–water partition coefficient (Wildman–Crippen LogP) is 4.17.